The van der Waals surface area contributed by atoms with Crippen molar-refractivity contribution in [3.8, 4) is 0 Å². The fourth-order valence-electron chi connectivity index (χ4n) is 1.99. The molecule has 1 unspecified atom stereocenters. The molecule has 0 saturated heterocycles. The largest absolute Gasteiger partial charge is 0.460 e. The number of esters is 1. The van der Waals surface area contributed by atoms with Crippen molar-refractivity contribution in [2.75, 3.05) is 0 Å². The minimum Gasteiger partial charge on any atom is -0.456 e. The van der Waals surface area contributed by atoms with Crippen LogP contribution in [0.3, 0.4) is 0 Å². The van der Waals surface area contributed by atoms with Gasteiger partial charge in [0.05, 0.1) is 0 Å². The zero-order chi connectivity index (χ0) is 26.6. The van der Waals surface area contributed by atoms with Gasteiger partial charge in [-0.1, -0.05) is 6.92 Å². The first-order chi connectivity index (χ1) is 13.6. The van der Waals surface area contributed by atoms with Crippen LogP contribution >= 0.6 is 0 Å². The van der Waals surface area contributed by atoms with Gasteiger partial charge in [0.15, 0.2) is 6.10 Å². The summed E-state index contributed by atoms with van der Waals surface area (Å²) < 4.78 is 226. The number of alkyl halides is 17. The molecule has 0 rings (SSSR count). The number of rotatable bonds is 9. The first-order valence-electron chi connectivity index (χ1n) is 7.51. The summed E-state index contributed by atoms with van der Waals surface area (Å²) >= 11 is 0. The monoisotopic (exact) mass is 520 g/mol. The minimum atomic E-state index is -8.69. The summed E-state index contributed by atoms with van der Waals surface area (Å²) in [5.74, 6) is -59.1. The molecule has 0 aliphatic carbocycles. The van der Waals surface area contributed by atoms with E-state index in [0.29, 0.717) is 6.92 Å². The van der Waals surface area contributed by atoms with Gasteiger partial charge < -0.3 is 4.74 Å². The van der Waals surface area contributed by atoms with E-state index in [1.165, 1.54) is 0 Å². The van der Waals surface area contributed by atoms with Crippen LogP contribution in [0.4, 0.5) is 74.6 Å². The van der Waals surface area contributed by atoms with Crippen molar-refractivity contribution in [2.24, 2.45) is 0 Å². The molecule has 0 N–H and O–H groups in total. The Balaban J connectivity index is 6.80. The van der Waals surface area contributed by atoms with Crippen LogP contribution in [0, 0.1) is 0 Å². The van der Waals surface area contributed by atoms with Crippen LogP contribution in [0.5, 0.6) is 0 Å². The molecule has 0 heterocycles. The lowest BCUT2D eigenvalue weighted by Crippen LogP contribution is -2.75. The van der Waals surface area contributed by atoms with Crippen LogP contribution < -0.4 is 0 Å². The standard InChI is InChI=1S/C13H9F17O2/c1-3-5(32-4(2)31)6(14,15)7(16,17)8(18,19)9(20,21)10(22,23)11(24,25)12(26,27)13(28,29)30/h5H,3H2,1-2H3. The first kappa shape index (κ1) is 30.3. The van der Waals surface area contributed by atoms with Crippen molar-refractivity contribution >= 4 is 5.97 Å². The van der Waals surface area contributed by atoms with Crippen LogP contribution in [-0.4, -0.2) is 59.7 Å². The van der Waals surface area contributed by atoms with Gasteiger partial charge >= 0.3 is 53.6 Å². The summed E-state index contributed by atoms with van der Waals surface area (Å²) in [6.07, 6.45) is -13.2. The van der Waals surface area contributed by atoms with Crippen LogP contribution in [0.2, 0.25) is 0 Å². The number of hydrogen-bond donors (Lipinski definition) is 0. The Hall–Kier alpha value is -1.72. The van der Waals surface area contributed by atoms with E-state index >= 15 is 0 Å². The van der Waals surface area contributed by atoms with E-state index in [9.17, 15) is 79.4 Å². The maximum atomic E-state index is 13.8. The molecular weight excluding hydrogens is 511 g/mol. The van der Waals surface area contributed by atoms with Crippen LogP contribution in [0.1, 0.15) is 20.3 Å². The maximum Gasteiger partial charge on any atom is 0.460 e. The Morgan fingerprint density at radius 2 is 0.875 bits per heavy atom. The second-order valence-electron chi connectivity index (χ2n) is 6.07. The Kier molecular flexibility index (Phi) is 7.52. The van der Waals surface area contributed by atoms with Gasteiger partial charge in [-0.25, -0.2) is 0 Å². The number of halogens is 17. The predicted molar refractivity (Wildman–Crippen MR) is 66.5 cm³/mol. The van der Waals surface area contributed by atoms with Crippen molar-refractivity contribution in [3.05, 3.63) is 0 Å². The zero-order valence-corrected chi connectivity index (χ0v) is 15.0. The Labute approximate surface area is 165 Å². The fourth-order valence-corrected chi connectivity index (χ4v) is 1.99. The number of carbonyl (C=O) groups excluding carboxylic acids is 1. The van der Waals surface area contributed by atoms with E-state index in [4.69, 9.17) is 0 Å². The molecule has 0 aliphatic heterocycles. The van der Waals surface area contributed by atoms with E-state index < -0.39 is 66.1 Å². The van der Waals surface area contributed by atoms with Gasteiger partial charge in [-0.3, -0.25) is 4.79 Å². The molecule has 192 valence electrons. The van der Waals surface area contributed by atoms with Crippen molar-refractivity contribution in [2.45, 2.75) is 74.0 Å². The summed E-state index contributed by atoms with van der Waals surface area (Å²) in [6, 6.07) is 0. The van der Waals surface area contributed by atoms with Gasteiger partial charge in [-0.2, -0.15) is 74.6 Å². The molecule has 0 aromatic carbocycles. The molecule has 0 amide bonds. The molecular formula is C13H9F17O2. The highest BCUT2D eigenvalue weighted by molar-refractivity contribution is 5.66. The highest BCUT2D eigenvalue weighted by Gasteiger charge is 2.95. The van der Waals surface area contributed by atoms with Crippen LogP contribution in [0.25, 0.3) is 0 Å². The van der Waals surface area contributed by atoms with Gasteiger partial charge in [0.1, 0.15) is 0 Å². The van der Waals surface area contributed by atoms with E-state index in [-0.39, 0.29) is 6.92 Å². The molecule has 0 fully saturated rings. The van der Waals surface area contributed by atoms with Crippen molar-refractivity contribution in [1.82, 2.24) is 0 Å². The molecule has 2 nitrogen and oxygen atoms in total. The number of hydrogen-bond acceptors (Lipinski definition) is 2. The van der Waals surface area contributed by atoms with E-state index in [1.54, 1.807) is 0 Å². The predicted octanol–water partition coefficient (Wildman–Crippen LogP) is 6.34. The molecule has 0 aromatic heterocycles. The van der Waals surface area contributed by atoms with Crippen molar-refractivity contribution < 1.29 is 84.2 Å². The minimum absolute atomic E-state index is 0.206. The SMILES string of the molecule is CCC(OC(C)=O)C(F)(F)C(F)(F)C(F)(F)C(F)(F)C(F)(F)C(F)(F)C(F)(F)C(F)(F)F. The van der Waals surface area contributed by atoms with Crippen LogP contribution in [0.15, 0.2) is 0 Å². The zero-order valence-electron chi connectivity index (χ0n) is 15.0. The van der Waals surface area contributed by atoms with Gasteiger partial charge in [0.25, 0.3) is 0 Å². The van der Waals surface area contributed by atoms with Gasteiger partial charge in [0.2, 0.25) is 0 Å². The first-order valence-corrected chi connectivity index (χ1v) is 7.51. The lowest BCUT2D eigenvalue weighted by Gasteiger charge is -2.43. The average Bonchev–Trinajstić information content (AvgIpc) is 2.57. The van der Waals surface area contributed by atoms with Crippen LogP contribution in [-0.2, 0) is 9.53 Å². The molecule has 0 aromatic rings. The Bertz CT molecular complexity index is 693. The highest BCUT2D eigenvalue weighted by atomic mass is 19.4. The molecule has 0 saturated carbocycles. The molecule has 0 bridgehead atoms. The third-order valence-corrected chi connectivity index (χ3v) is 3.83. The number of carbonyl (C=O) groups is 1. The Morgan fingerprint density at radius 3 is 1.12 bits per heavy atom. The van der Waals surface area contributed by atoms with E-state index in [0.717, 1.165) is 0 Å². The molecule has 1 atom stereocenters. The summed E-state index contributed by atoms with van der Waals surface area (Å²) in [6.45, 7) is 0.595. The van der Waals surface area contributed by atoms with Gasteiger partial charge in [-0.05, 0) is 6.42 Å². The molecule has 19 heteroatoms. The second-order valence-corrected chi connectivity index (χ2v) is 6.07. The highest BCUT2D eigenvalue weighted by Crippen LogP contribution is 2.64. The fraction of sp³-hybridized carbons (Fsp3) is 0.923. The maximum absolute atomic E-state index is 13.8. The van der Waals surface area contributed by atoms with E-state index in [2.05, 4.69) is 4.74 Å². The Morgan fingerprint density at radius 1 is 0.594 bits per heavy atom. The molecule has 0 radical (unpaired) electrons. The second kappa shape index (κ2) is 7.95. The van der Waals surface area contributed by atoms with Gasteiger partial charge in [-0.15, -0.1) is 0 Å². The third-order valence-electron chi connectivity index (χ3n) is 3.83. The van der Waals surface area contributed by atoms with Gasteiger partial charge in [0, 0.05) is 6.92 Å². The molecule has 32 heavy (non-hydrogen) atoms. The van der Waals surface area contributed by atoms with Crippen molar-refractivity contribution in [1.29, 1.82) is 0 Å². The summed E-state index contributed by atoms with van der Waals surface area (Å²) in [5.41, 5.74) is 0. The summed E-state index contributed by atoms with van der Waals surface area (Å²) in [7, 11) is 0. The molecule has 0 aliphatic rings. The smallest absolute Gasteiger partial charge is 0.456 e. The third kappa shape index (κ3) is 3.92. The normalized spacial score (nSPS) is 16.7. The topological polar surface area (TPSA) is 26.3 Å². The quantitative estimate of drug-likeness (QED) is 0.262. The number of ether oxygens (including phenoxy) is 1. The van der Waals surface area contributed by atoms with Crippen molar-refractivity contribution in [3.63, 3.8) is 0 Å². The lowest BCUT2D eigenvalue weighted by molar-refractivity contribution is -0.464. The lowest BCUT2D eigenvalue weighted by atomic mass is 9.87. The summed E-state index contributed by atoms with van der Waals surface area (Å²) in [5, 5.41) is 0. The molecule has 0 spiro atoms. The van der Waals surface area contributed by atoms with E-state index in [1.807, 2.05) is 0 Å². The summed E-state index contributed by atoms with van der Waals surface area (Å²) in [4.78, 5) is 10.6. The average molecular weight is 520 g/mol.